The van der Waals surface area contributed by atoms with Crippen LogP contribution >= 0.6 is 0 Å². The lowest BCUT2D eigenvalue weighted by molar-refractivity contribution is -0.146. The van der Waals surface area contributed by atoms with E-state index in [0.29, 0.717) is 13.0 Å². The van der Waals surface area contributed by atoms with Crippen molar-refractivity contribution in [1.29, 1.82) is 0 Å². The third-order valence-electron chi connectivity index (χ3n) is 3.09. The lowest BCUT2D eigenvalue weighted by Crippen LogP contribution is -2.41. The zero-order chi connectivity index (χ0) is 14.0. The van der Waals surface area contributed by atoms with Crippen molar-refractivity contribution in [3.8, 4) is 0 Å². The maximum atomic E-state index is 11.9. The SMILES string of the molecule is CCC(C)N(CC(=O)O)C(=O)CCCCCCN. The first-order valence-corrected chi connectivity index (χ1v) is 6.74. The molecule has 0 aliphatic rings. The third-order valence-corrected chi connectivity index (χ3v) is 3.09. The molecule has 0 aromatic carbocycles. The summed E-state index contributed by atoms with van der Waals surface area (Å²) in [6.45, 7) is 4.33. The second-order valence-electron chi connectivity index (χ2n) is 4.63. The van der Waals surface area contributed by atoms with Crippen LogP contribution in [0.2, 0.25) is 0 Å². The van der Waals surface area contributed by atoms with Gasteiger partial charge in [-0.25, -0.2) is 0 Å². The number of hydrogen-bond donors (Lipinski definition) is 2. The molecule has 0 fully saturated rings. The van der Waals surface area contributed by atoms with Crippen LogP contribution in [0.15, 0.2) is 0 Å². The summed E-state index contributed by atoms with van der Waals surface area (Å²) < 4.78 is 0. The average Bonchev–Trinajstić information content (AvgIpc) is 2.34. The molecule has 5 nitrogen and oxygen atoms in total. The minimum absolute atomic E-state index is 0.0161. The number of nitrogens with two attached hydrogens (primary N) is 1. The van der Waals surface area contributed by atoms with Crippen molar-refractivity contribution >= 4 is 11.9 Å². The first-order chi connectivity index (χ1) is 8.52. The van der Waals surface area contributed by atoms with Gasteiger partial charge in [-0.05, 0) is 32.7 Å². The number of hydrogen-bond acceptors (Lipinski definition) is 3. The molecule has 1 unspecified atom stereocenters. The third kappa shape index (κ3) is 7.27. The van der Waals surface area contributed by atoms with Crippen LogP contribution in [0, 0.1) is 0 Å². The zero-order valence-electron chi connectivity index (χ0n) is 11.5. The fraction of sp³-hybridized carbons (Fsp3) is 0.846. The molecule has 5 heteroatoms. The summed E-state index contributed by atoms with van der Waals surface area (Å²) in [4.78, 5) is 24.2. The molecule has 0 bridgehead atoms. The molecule has 0 saturated heterocycles. The van der Waals surface area contributed by atoms with Crippen LogP contribution in [0.4, 0.5) is 0 Å². The van der Waals surface area contributed by atoms with Crippen molar-refractivity contribution < 1.29 is 14.7 Å². The van der Waals surface area contributed by atoms with Crippen molar-refractivity contribution in [2.24, 2.45) is 5.73 Å². The molecule has 0 aromatic heterocycles. The Morgan fingerprint density at radius 2 is 1.83 bits per heavy atom. The molecule has 1 amide bonds. The number of carbonyl (C=O) groups is 2. The molecule has 3 N–H and O–H groups in total. The number of aliphatic carboxylic acids is 1. The van der Waals surface area contributed by atoms with E-state index >= 15 is 0 Å². The monoisotopic (exact) mass is 258 g/mol. The molecule has 0 rings (SSSR count). The van der Waals surface area contributed by atoms with E-state index in [2.05, 4.69) is 0 Å². The van der Waals surface area contributed by atoms with E-state index in [4.69, 9.17) is 10.8 Å². The Labute approximate surface area is 109 Å². The van der Waals surface area contributed by atoms with Crippen molar-refractivity contribution in [3.63, 3.8) is 0 Å². The van der Waals surface area contributed by atoms with E-state index in [0.717, 1.165) is 32.1 Å². The molecule has 106 valence electrons. The number of carboxylic acid groups (broad SMARTS) is 1. The summed E-state index contributed by atoms with van der Waals surface area (Å²) >= 11 is 0. The molecule has 0 aliphatic carbocycles. The Balaban J connectivity index is 4.09. The van der Waals surface area contributed by atoms with Gasteiger partial charge in [-0.15, -0.1) is 0 Å². The number of carboxylic acids is 1. The summed E-state index contributed by atoms with van der Waals surface area (Å²) in [6.07, 6.45) is 5.01. The lowest BCUT2D eigenvalue weighted by Gasteiger charge is -2.27. The Hall–Kier alpha value is -1.10. The van der Waals surface area contributed by atoms with Gasteiger partial charge in [0.25, 0.3) is 0 Å². The van der Waals surface area contributed by atoms with Crippen LogP contribution in [0.5, 0.6) is 0 Å². The number of unbranched alkanes of at least 4 members (excludes halogenated alkanes) is 3. The van der Waals surface area contributed by atoms with Crippen LogP contribution in [0.3, 0.4) is 0 Å². The van der Waals surface area contributed by atoms with Crippen LogP contribution < -0.4 is 5.73 Å². The van der Waals surface area contributed by atoms with E-state index in [9.17, 15) is 9.59 Å². The van der Waals surface area contributed by atoms with Crippen LogP contribution in [0.25, 0.3) is 0 Å². The van der Waals surface area contributed by atoms with Gasteiger partial charge in [-0.1, -0.05) is 19.8 Å². The molecule has 18 heavy (non-hydrogen) atoms. The predicted octanol–water partition coefficient (Wildman–Crippen LogP) is 1.61. The van der Waals surface area contributed by atoms with Gasteiger partial charge in [0, 0.05) is 12.5 Å². The fourth-order valence-electron chi connectivity index (χ4n) is 1.77. The highest BCUT2D eigenvalue weighted by Crippen LogP contribution is 2.09. The normalized spacial score (nSPS) is 12.2. The first-order valence-electron chi connectivity index (χ1n) is 6.74. The molecule has 0 radical (unpaired) electrons. The summed E-state index contributed by atoms with van der Waals surface area (Å²) in [6, 6.07) is -0.0161. The van der Waals surface area contributed by atoms with E-state index in [1.165, 1.54) is 4.90 Å². The number of nitrogens with zero attached hydrogens (tertiary/aromatic N) is 1. The first kappa shape index (κ1) is 16.9. The van der Waals surface area contributed by atoms with E-state index < -0.39 is 5.97 Å². The second-order valence-corrected chi connectivity index (χ2v) is 4.63. The number of amides is 1. The Morgan fingerprint density at radius 3 is 2.33 bits per heavy atom. The van der Waals surface area contributed by atoms with E-state index in [-0.39, 0.29) is 18.5 Å². The van der Waals surface area contributed by atoms with Gasteiger partial charge >= 0.3 is 5.97 Å². The van der Waals surface area contributed by atoms with Gasteiger partial charge in [0.05, 0.1) is 0 Å². The lowest BCUT2D eigenvalue weighted by atomic mass is 10.1. The highest BCUT2D eigenvalue weighted by molar-refractivity contribution is 5.81. The van der Waals surface area contributed by atoms with Crippen LogP contribution in [0.1, 0.15) is 52.4 Å². The Kier molecular flexibility index (Phi) is 9.28. The molecular weight excluding hydrogens is 232 g/mol. The molecular formula is C13H26N2O3. The van der Waals surface area contributed by atoms with Crippen molar-refractivity contribution in [2.75, 3.05) is 13.1 Å². The number of carbonyl (C=O) groups excluding carboxylic acids is 1. The van der Waals surface area contributed by atoms with Gasteiger partial charge in [-0.2, -0.15) is 0 Å². The summed E-state index contributed by atoms with van der Waals surface area (Å²) in [7, 11) is 0. The van der Waals surface area contributed by atoms with E-state index in [1.807, 2.05) is 13.8 Å². The van der Waals surface area contributed by atoms with Crippen molar-refractivity contribution in [3.05, 3.63) is 0 Å². The van der Waals surface area contributed by atoms with Crippen molar-refractivity contribution in [2.45, 2.75) is 58.4 Å². The molecule has 0 aromatic rings. The van der Waals surface area contributed by atoms with Gasteiger partial charge in [-0.3, -0.25) is 9.59 Å². The minimum Gasteiger partial charge on any atom is -0.480 e. The summed E-state index contributed by atoms with van der Waals surface area (Å²) in [5.74, 6) is -1.01. The average molecular weight is 258 g/mol. The van der Waals surface area contributed by atoms with Crippen LogP contribution in [-0.2, 0) is 9.59 Å². The van der Waals surface area contributed by atoms with Gasteiger partial charge in [0.2, 0.25) is 5.91 Å². The number of rotatable bonds is 10. The molecule has 0 saturated carbocycles. The van der Waals surface area contributed by atoms with Gasteiger partial charge < -0.3 is 15.7 Å². The zero-order valence-corrected chi connectivity index (χ0v) is 11.5. The van der Waals surface area contributed by atoms with Gasteiger partial charge in [0.1, 0.15) is 6.54 Å². The molecule has 0 spiro atoms. The maximum Gasteiger partial charge on any atom is 0.323 e. The Bertz CT molecular complexity index is 257. The predicted molar refractivity (Wildman–Crippen MR) is 71.2 cm³/mol. The summed E-state index contributed by atoms with van der Waals surface area (Å²) in [5.41, 5.74) is 5.39. The quantitative estimate of drug-likeness (QED) is 0.583. The van der Waals surface area contributed by atoms with Crippen molar-refractivity contribution in [1.82, 2.24) is 4.90 Å². The molecule has 1 atom stereocenters. The highest BCUT2D eigenvalue weighted by atomic mass is 16.4. The topological polar surface area (TPSA) is 83.6 Å². The van der Waals surface area contributed by atoms with Crippen LogP contribution in [-0.4, -0.2) is 41.0 Å². The smallest absolute Gasteiger partial charge is 0.323 e. The second kappa shape index (κ2) is 9.88. The van der Waals surface area contributed by atoms with E-state index in [1.54, 1.807) is 0 Å². The summed E-state index contributed by atoms with van der Waals surface area (Å²) in [5, 5.41) is 8.81. The fourth-order valence-corrected chi connectivity index (χ4v) is 1.77. The largest absolute Gasteiger partial charge is 0.480 e. The highest BCUT2D eigenvalue weighted by Gasteiger charge is 2.20. The minimum atomic E-state index is -0.952. The standard InChI is InChI=1S/C13H26N2O3/c1-3-11(2)15(10-13(17)18)12(16)8-6-4-5-7-9-14/h11H,3-10,14H2,1-2H3,(H,17,18). The maximum absolute atomic E-state index is 11.9. The Morgan fingerprint density at radius 1 is 1.22 bits per heavy atom. The van der Waals surface area contributed by atoms with Gasteiger partial charge in [0.15, 0.2) is 0 Å². The molecule has 0 aliphatic heterocycles. The molecule has 0 heterocycles.